The van der Waals surface area contributed by atoms with Crippen LogP contribution in [0.15, 0.2) is 24.3 Å². The summed E-state index contributed by atoms with van der Waals surface area (Å²) in [6, 6.07) is 6.96. The van der Waals surface area contributed by atoms with Crippen LogP contribution in [0.2, 0.25) is 5.02 Å². The van der Waals surface area contributed by atoms with Crippen molar-refractivity contribution in [2.24, 2.45) is 0 Å². The molecular formula is C17H21ClN2O3. The lowest BCUT2D eigenvalue weighted by Gasteiger charge is -2.35. The Balaban J connectivity index is 1.48. The minimum Gasteiger partial charge on any atom is -0.368 e. The quantitative estimate of drug-likeness (QED) is 0.787. The van der Waals surface area contributed by atoms with Gasteiger partial charge in [-0.25, -0.2) is 0 Å². The van der Waals surface area contributed by atoms with Crippen molar-refractivity contribution in [1.82, 2.24) is 9.80 Å². The molecule has 2 saturated heterocycles. The molecule has 2 fully saturated rings. The Labute approximate surface area is 141 Å². The van der Waals surface area contributed by atoms with E-state index in [9.17, 15) is 9.59 Å². The smallest absolute Gasteiger partial charge is 0.251 e. The van der Waals surface area contributed by atoms with Gasteiger partial charge in [0, 0.05) is 43.4 Å². The van der Waals surface area contributed by atoms with Crippen LogP contribution in [0.4, 0.5) is 0 Å². The molecule has 0 bridgehead atoms. The van der Waals surface area contributed by atoms with Gasteiger partial charge in [-0.2, -0.15) is 0 Å². The predicted octanol–water partition coefficient (Wildman–Crippen LogP) is 1.85. The van der Waals surface area contributed by atoms with E-state index in [2.05, 4.69) is 4.90 Å². The van der Waals surface area contributed by atoms with Crippen LogP contribution in [0.3, 0.4) is 0 Å². The number of Topliss-reactive ketones (excluding diaryl/α,β-unsaturated/α-hetero) is 1. The number of hydrogen-bond acceptors (Lipinski definition) is 4. The number of rotatable bonds is 4. The Morgan fingerprint density at radius 2 is 1.83 bits per heavy atom. The molecule has 3 rings (SSSR count). The van der Waals surface area contributed by atoms with Crippen LogP contribution in [0.25, 0.3) is 0 Å². The fourth-order valence-electron chi connectivity index (χ4n) is 3.03. The molecule has 0 saturated carbocycles. The fraction of sp³-hybridized carbons (Fsp3) is 0.529. The summed E-state index contributed by atoms with van der Waals surface area (Å²) in [7, 11) is 0. The van der Waals surface area contributed by atoms with Crippen LogP contribution in [0.1, 0.15) is 23.2 Å². The maximum atomic E-state index is 12.3. The highest BCUT2D eigenvalue weighted by atomic mass is 35.5. The van der Waals surface area contributed by atoms with Crippen LogP contribution in [-0.4, -0.2) is 66.9 Å². The molecule has 1 atom stereocenters. The highest BCUT2D eigenvalue weighted by Gasteiger charge is 2.30. The van der Waals surface area contributed by atoms with Gasteiger partial charge in [0.25, 0.3) is 5.91 Å². The Bertz CT molecular complexity index is 562. The van der Waals surface area contributed by atoms with Crippen molar-refractivity contribution >= 4 is 23.3 Å². The fourth-order valence-corrected chi connectivity index (χ4v) is 3.16. The molecule has 124 valence electrons. The van der Waals surface area contributed by atoms with Gasteiger partial charge < -0.3 is 9.64 Å². The first-order valence-electron chi connectivity index (χ1n) is 8.05. The second-order valence-corrected chi connectivity index (χ2v) is 6.47. The lowest BCUT2D eigenvalue weighted by molar-refractivity contribution is -0.142. The standard InChI is InChI=1S/C17H21ClN2O3/c18-14-5-3-13(4-6-14)15(21)12-19-7-9-20(10-8-19)17(22)16-2-1-11-23-16/h3-6,16H,1-2,7-12H2. The van der Waals surface area contributed by atoms with E-state index in [-0.39, 0.29) is 17.8 Å². The second kappa shape index (κ2) is 7.43. The number of ether oxygens (including phenoxy) is 1. The topological polar surface area (TPSA) is 49.9 Å². The average Bonchev–Trinajstić information content (AvgIpc) is 3.10. The molecule has 23 heavy (non-hydrogen) atoms. The van der Waals surface area contributed by atoms with Crippen molar-refractivity contribution in [2.45, 2.75) is 18.9 Å². The van der Waals surface area contributed by atoms with Crippen molar-refractivity contribution in [3.63, 3.8) is 0 Å². The van der Waals surface area contributed by atoms with Gasteiger partial charge in [-0.3, -0.25) is 14.5 Å². The number of ketones is 1. The van der Waals surface area contributed by atoms with E-state index in [1.807, 2.05) is 4.90 Å². The minimum absolute atomic E-state index is 0.0839. The van der Waals surface area contributed by atoms with E-state index in [0.29, 0.717) is 36.8 Å². The van der Waals surface area contributed by atoms with Gasteiger partial charge in [0.1, 0.15) is 6.10 Å². The highest BCUT2D eigenvalue weighted by molar-refractivity contribution is 6.30. The third-order valence-corrected chi connectivity index (χ3v) is 4.67. The van der Waals surface area contributed by atoms with E-state index in [1.165, 1.54) is 0 Å². The van der Waals surface area contributed by atoms with Crippen LogP contribution in [0, 0.1) is 0 Å². The van der Waals surface area contributed by atoms with Crippen molar-refractivity contribution < 1.29 is 14.3 Å². The number of halogens is 1. The summed E-state index contributed by atoms with van der Waals surface area (Å²) in [5.74, 6) is 0.187. The number of hydrogen-bond donors (Lipinski definition) is 0. The SMILES string of the molecule is O=C(CN1CCN(C(=O)C2CCCO2)CC1)c1ccc(Cl)cc1. The molecule has 0 aromatic heterocycles. The largest absolute Gasteiger partial charge is 0.368 e. The zero-order valence-electron chi connectivity index (χ0n) is 13.0. The van der Waals surface area contributed by atoms with Crippen LogP contribution < -0.4 is 0 Å². The molecule has 2 aliphatic rings. The Kier molecular flexibility index (Phi) is 5.30. The molecule has 0 N–H and O–H groups in total. The molecular weight excluding hydrogens is 316 g/mol. The predicted molar refractivity (Wildman–Crippen MR) is 87.8 cm³/mol. The number of nitrogens with zero attached hydrogens (tertiary/aromatic N) is 2. The van der Waals surface area contributed by atoms with Gasteiger partial charge in [-0.1, -0.05) is 11.6 Å². The Morgan fingerprint density at radius 1 is 1.13 bits per heavy atom. The average molecular weight is 337 g/mol. The summed E-state index contributed by atoms with van der Waals surface area (Å²) < 4.78 is 5.46. The van der Waals surface area contributed by atoms with Crippen molar-refractivity contribution in [3.05, 3.63) is 34.9 Å². The summed E-state index contributed by atoms with van der Waals surface area (Å²) in [5, 5.41) is 0.628. The van der Waals surface area contributed by atoms with Gasteiger partial charge in [0.2, 0.25) is 0 Å². The van der Waals surface area contributed by atoms with Gasteiger partial charge in [-0.05, 0) is 37.1 Å². The lowest BCUT2D eigenvalue weighted by Crippen LogP contribution is -2.52. The summed E-state index contributed by atoms with van der Waals surface area (Å²) in [6.07, 6.45) is 1.54. The van der Waals surface area contributed by atoms with Gasteiger partial charge in [0.15, 0.2) is 5.78 Å². The van der Waals surface area contributed by atoms with Crippen LogP contribution in [-0.2, 0) is 9.53 Å². The zero-order valence-corrected chi connectivity index (χ0v) is 13.8. The molecule has 5 nitrogen and oxygen atoms in total. The molecule has 1 aromatic carbocycles. The van der Waals surface area contributed by atoms with E-state index >= 15 is 0 Å². The number of piperazine rings is 1. The summed E-state index contributed by atoms with van der Waals surface area (Å²) in [5.41, 5.74) is 0.673. The first-order chi connectivity index (χ1) is 11.1. The van der Waals surface area contributed by atoms with Crippen molar-refractivity contribution in [2.75, 3.05) is 39.3 Å². The molecule has 0 radical (unpaired) electrons. The van der Waals surface area contributed by atoms with E-state index in [0.717, 1.165) is 25.9 Å². The summed E-state index contributed by atoms with van der Waals surface area (Å²) in [4.78, 5) is 28.5. The molecule has 6 heteroatoms. The monoisotopic (exact) mass is 336 g/mol. The minimum atomic E-state index is -0.253. The number of amides is 1. The summed E-state index contributed by atoms with van der Waals surface area (Å²) >= 11 is 5.84. The maximum absolute atomic E-state index is 12.3. The van der Waals surface area contributed by atoms with E-state index in [4.69, 9.17) is 16.3 Å². The highest BCUT2D eigenvalue weighted by Crippen LogP contribution is 2.16. The van der Waals surface area contributed by atoms with Gasteiger partial charge in [-0.15, -0.1) is 0 Å². The second-order valence-electron chi connectivity index (χ2n) is 6.03. The molecule has 1 aromatic rings. The van der Waals surface area contributed by atoms with Gasteiger partial charge >= 0.3 is 0 Å². The third kappa shape index (κ3) is 4.10. The zero-order chi connectivity index (χ0) is 16.2. The lowest BCUT2D eigenvalue weighted by atomic mass is 10.1. The Morgan fingerprint density at radius 3 is 2.43 bits per heavy atom. The Hall–Kier alpha value is -1.43. The molecule has 2 aliphatic heterocycles. The van der Waals surface area contributed by atoms with Crippen molar-refractivity contribution in [1.29, 1.82) is 0 Å². The summed E-state index contributed by atoms with van der Waals surface area (Å²) in [6.45, 7) is 3.82. The van der Waals surface area contributed by atoms with Crippen molar-refractivity contribution in [3.8, 4) is 0 Å². The first-order valence-corrected chi connectivity index (χ1v) is 8.43. The van der Waals surface area contributed by atoms with Crippen LogP contribution >= 0.6 is 11.6 Å². The van der Waals surface area contributed by atoms with Gasteiger partial charge in [0.05, 0.1) is 6.54 Å². The molecule has 1 amide bonds. The van der Waals surface area contributed by atoms with Crippen LogP contribution in [0.5, 0.6) is 0 Å². The molecule has 0 spiro atoms. The number of carbonyl (C=O) groups is 2. The normalized spacial score (nSPS) is 22.3. The number of benzene rings is 1. The first kappa shape index (κ1) is 16.4. The molecule has 0 aliphatic carbocycles. The van der Waals surface area contributed by atoms with E-state index < -0.39 is 0 Å². The maximum Gasteiger partial charge on any atom is 0.251 e. The third-order valence-electron chi connectivity index (χ3n) is 4.42. The van der Waals surface area contributed by atoms with E-state index in [1.54, 1.807) is 24.3 Å². The molecule has 1 unspecified atom stereocenters. The molecule has 2 heterocycles. The number of carbonyl (C=O) groups excluding carboxylic acids is 2.